The molecule has 4 nitrogen and oxygen atoms in total. The molecule has 0 bridgehead atoms. The van der Waals surface area contributed by atoms with Gasteiger partial charge in [-0.2, -0.15) is 0 Å². The molecule has 0 atom stereocenters. The molecule has 1 saturated heterocycles. The first kappa shape index (κ1) is 21.5. The van der Waals surface area contributed by atoms with Gasteiger partial charge in [-0.15, -0.1) is 0 Å². The van der Waals surface area contributed by atoms with E-state index in [1.54, 1.807) is 0 Å². The Morgan fingerprint density at radius 1 is 0.938 bits per heavy atom. The molecule has 0 radical (unpaired) electrons. The molecule has 2 spiro atoms. The van der Waals surface area contributed by atoms with Gasteiger partial charge in [-0.05, 0) is 105 Å². The van der Waals surface area contributed by atoms with Crippen LogP contribution in [0.3, 0.4) is 0 Å². The van der Waals surface area contributed by atoms with Crippen molar-refractivity contribution in [2.24, 2.45) is 0 Å². The Bertz CT molecular complexity index is 1110. The zero-order valence-electron chi connectivity index (χ0n) is 18.9. The van der Waals surface area contributed by atoms with E-state index in [0.29, 0.717) is 23.4 Å². The molecule has 2 aliphatic heterocycles. The van der Waals surface area contributed by atoms with Crippen LogP contribution >= 0.6 is 11.6 Å². The van der Waals surface area contributed by atoms with Gasteiger partial charge in [0, 0.05) is 11.6 Å². The number of benzene rings is 2. The van der Waals surface area contributed by atoms with Crippen LogP contribution < -0.4 is 0 Å². The van der Waals surface area contributed by atoms with E-state index < -0.39 is 11.6 Å². The minimum Gasteiger partial charge on any atom is -0.507 e. The summed E-state index contributed by atoms with van der Waals surface area (Å²) in [5.74, 6) is -0.338. The van der Waals surface area contributed by atoms with E-state index in [1.165, 1.54) is 0 Å². The van der Waals surface area contributed by atoms with Crippen molar-refractivity contribution in [3.8, 4) is 11.1 Å². The summed E-state index contributed by atoms with van der Waals surface area (Å²) in [6, 6.07) is 9.79. The first-order chi connectivity index (χ1) is 15.3. The maximum absolute atomic E-state index is 13.2. The smallest absolute Gasteiger partial charge is 0.343 e. The third-order valence-corrected chi connectivity index (χ3v) is 7.92. The Morgan fingerprint density at radius 3 is 2.22 bits per heavy atom. The normalized spacial score (nSPS) is 27.6. The van der Waals surface area contributed by atoms with Gasteiger partial charge in [0.25, 0.3) is 0 Å². The van der Waals surface area contributed by atoms with E-state index in [0.717, 1.165) is 65.7 Å². The molecule has 1 saturated carbocycles. The van der Waals surface area contributed by atoms with Crippen molar-refractivity contribution in [3.05, 3.63) is 63.4 Å². The average molecular weight is 453 g/mol. The van der Waals surface area contributed by atoms with Crippen molar-refractivity contribution in [3.63, 3.8) is 0 Å². The molecule has 5 heteroatoms. The van der Waals surface area contributed by atoms with Crippen LogP contribution in [-0.4, -0.2) is 28.9 Å². The van der Waals surface area contributed by atoms with Crippen molar-refractivity contribution < 1.29 is 19.4 Å². The number of esters is 1. The lowest BCUT2D eigenvalue weighted by Crippen LogP contribution is -2.44. The van der Waals surface area contributed by atoms with Crippen LogP contribution in [0.25, 0.3) is 16.7 Å². The predicted molar refractivity (Wildman–Crippen MR) is 126 cm³/mol. The summed E-state index contributed by atoms with van der Waals surface area (Å²) in [5, 5.41) is 12.1. The van der Waals surface area contributed by atoms with Crippen molar-refractivity contribution in [1.29, 1.82) is 0 Å². The summed E-state index contributed by atoms with van der Waals surface area (Å²) in [4.78, 5) is 13.2. The van der Waals surface area contributed by atoms with E-state index in [-0.39, 0.29) is 11.4 Å². The molecule has 0 unspecified atom stereocenters. The highest BCUT2D eigenvalue weighted by Crippen LogP contribution is 2.51. The summed E-state index contributed by atoms with van der Waals surface area (Å²) >= 11 is 6.09. The quantitative estimate of drug-likeness (QED) is 0.520. The van der Waals surface area contributed by atoms with Gasteiger partial charge in [-0.3, -0.25) is 0 Å². The maximum Gasteiger partial charge on any atom is 0.343 e. The third kappa shape index (κ3) is 3.27. The van der Waals surface area contributed by atoms with E-state index >= 15 is 0 Å². The standard InChI is InChI=1S/C27H29ClO4/c1-16-15-17(2)22(18(3)21(16)19-5-7-20(28)8-6-19)23-24(29)27(32-25(23)30)12-10-26(11-13-27)9-4-14-31-26/h5-8,15,29H,4,9-14H2,1-3H3/t26-,27+. The molecule has 32 heavy (non-hydrogen) atoms. The number of halogens is 1. The van der Waals surface area contributed by atoms with Crippen molar-refractivity contribution in [2.75, 3.05) is 6.61 Å². The number of aliphatic hydroxyl groups excluding tert-OH is 1. The van der Waals surface area contributed by atoms with Crippen LogP contribution in [0.2, 0.25) is 5.02 Å². The lowest BCUT2D eigenvalue weighted by molar-refractivity contribution is -0.156. The Balaban J connectivity index is 1.59. The summed E-state index contributed by atoms with van der Waals surface area (Å²) in [7, 11) is 0. The number of ether oxygens (including phenoxy) is 2. The van der Waals surface area contributed by atoms with Gasteiger partial charge < -0.3 is 14.6 Å². The van der Waals surface area contributed by atoms with Gasteiger partial charge in [0.05, 0.1) is 5.60 Å². The predicted octanol–water partition coefficient (Wildman–Crippen LogP) is 6.62. The monoisotopic (exact) mass is 452 g/mol. The minimum absolute atomic E-state index is 0.0902. The molecule has 3 aliphatic rings. The highest BCUT2D eigenvalue weighted by atomic mass is 35.5. The fraction of sp³-hybridized carbons (Fsp3) is 0.444. The molecule has 5 rings (SSSR count). The van der Waals surface area contributed by atoms with E-state index in [1.807, 2.05) is 38.1 Å². The van der Waals surface area contributed by atoms with Crippen LogP contribution in [0, 0.1) is 20.8 Å². The Labute approximate surface area is 194 Å². The van der Waals surface area contributed by atoms with Gasteiger partial charge in [-0.1, -0.05) is 29.8 Å². The Hall–Kier alpha value is -2.30. The van der Waals surface area contributed by atoms with Gasteiger partial charge in [0.2, 0.25) is 0 Å². The molecule has 1 N–H and O–H groups in total. The number of carbonyl (C=O) groups excluding carboxylic acids is 1. The van der Waals surface area contributed by atoms with Crippen LogP contribution in [0.15, 0.2) is 36.1 Å². The van der Waals surface area contributed by atoms with Gasteiger partial charge in [0.1, 0.15) is 5.57 Å². The second-order valence-corrected chi connectivity index (χ2v) is 10.1. The summed E-state index contributed by atoms with van der Waals surface area (Å²) < 4.78 is 12.0. The first-order valence-electron chi connectivity index (χ1n) is 11.4. The minimum atomic E-state index is -0.923. The molecule has 2 fully saturated rings. The maximum atomic E-state index is 13.2. The van der Waals surface area contributed by atoms with Crippen LogP contribution in [0.5, 0.6) is 0 Å². The highest BCUT2D eigenvalue weighted by Gasteiger charge is 2.54. The number of hydrogen-bond donors (Lipinski definition) is 1. The van der Waals surface area contributed by atoms with Gasteiger partial charge in [0.15, 0.2) is 11.4 Å². The zero-order chi connectivity index (χ0) is 22.7. The number of carbonyl (C=O) groups is 1. The molecular weight excluding hydrogens is 424 g/mol. The molecule has 0 aromatic heterocycles. The highest BCUT2D eigenvalue weighted by molar-refractivity contribution is 6.30. The van der Waals surface area contributed by atoms with Crippen LogP contribution in [0.1, 0.15) is 60.8 Å². The van der Waals surface area contributed by atoms with E-state index in [2.05, 4.69) is 13.0 Å². The summed E-state index contributed by atoms with van der Waals surface area (Å²) in [6.07, 6.45) is 4.94. The second kappa shape index (κ2) is 7.64. The van der Waals surface area contributed by atoms with Crippen LogP contribution in [0.4, 0.5) is 0 Å². The first-order valence-corrected chi connectivity index (χ1v) is 11.8. The molecule has 1 aliphatic carbocycles. The molecule has 2 aromatic carbocycles. The average Bonchev–Trinajstić information content (AvgIpc) is 3.30. The number of hydrogen-bond acceptors (Lipinski definition) is 4. The van der Waals surface area contributed by atoms with E-state index in [4.69, 9.17) is 21.1 Å². The molecular formula is C27H29ClO4. The fourth-order valence-corrected chi connectivity index (χ4v) is 6.18. The topological polar surface area (TPSA) is 55.8 Å². The Kier molecular flexibility index (Phi) is 5.14. The van der Waals surface area contributed by atoms with Crippen LogP contribution in [-0.2, 0) is 14.3 Å². The fourth-order valence-electron chi connectivity index (χ4n) is 6.05. The van der Waals surface area contributed by atoms with E-state index in [9.17, 15) is 9.90 Å². The van der Waals surface area contributed by atoms with Crippen molar-refractivity contribution in [2.45, 2.75) is 70.5 Å². The number of rotatable bonds is 2. The SMILES string of the molecule is Cc1cc(C)c(-c2ccc(Cl)cc2)c(C)c1C1=C(O)[C@]2(CC[C@@]3(CCCO3)CC2)OC1=O. The molecule has 2 heterocycles. The van der Waals surface area contributed by atoms with Crippen molar-refractivity contribution in [1.82, 2.24) is 0 Å². The third-order valence-electron chi connectivity index (χ3n) is 7.67. The lowest BCUT2D eigenvalue weighted by atomic mass is 9.73. The van der Waals surface area contributed by atoms with Gasteiger partial charge >= 0.3 is 5.97 Å². The zero-order valence-corrected chi connectivity index (χ0v) is 19.6. The Morgan fingerprint density at radius 2 is 1.59 bits per heavy atom. The lowest BCUT2D eigenvalue weighted by Gasteiger charge is -2.41. The largest absolute Gasteiger partial charge is 0.507 e. The summed E-state index contributed by atoms with van der Waals surface area (Å²) in [6.45, 7) is 6.87. The van der Waals surface area contributed by atoms with Crippen molar-refractivity contribution >= 4 is 23.1 Å². The van der Waals surface area contributed by atoms with Gasteiger partial charge in [-0.25, -0.2) is 4.79 Å². The second-order valence-electron chi connectivity index (χ2n) is 9.63. The number of aliphatic hydroxyl groups is 1. The number of aryl methyl sites for hydroxylation is 2. The molecule has 0 amide bonds. The molecule has 2 aromatic rings. The molecule has 168 valence electrons. The summed E-state index contributed by atoms with van der Waals surface area (Å²) in [5.41, 5.74) is 5.20.